The van der Waals surface area contributed by atoms with Crippen LogP contribution in [0.4, 0.5) is 0 Å². The molecular formula is C26H28N2O3S. The Kier molecular flexibility index (Phi) is 5.15. The van der Waals surface area contributed by atoms with E-state index in [1.807, 2.05) is 0 Å². The van der Waals surface area contributed by atoms with Gasteiger partial charge in [0.2, 0.25) is 0 Å². The fourth-order valence-corrected chi connectivity index (χ4v) is 6.84. The van der Waals surface area contributed by atoms with Gasteiger partial charge in [-0.3, -0.25) is 9.69 Å². The molecule has 6 heteroatoms. The Labute approximate surface area is 192 Å². The van der Waals surface area contributed by atoms with Gasteiger partial charge >= 0.3 is 5.97 Å². The monoisotopic (exact) mass is 448 g/mol. The van der Waals surface area contributed by atoms with Crippen LogP contribution in [-0.2, 0) is 11.2 Å². The van der Waals surface area contributed by atoms with Crippen LogP contribution < -0.4 is 0 Å². The summed E-state index contributed by atoms with van der Waals surface area (Å²) < 4.78 is 5.74. The van der Waals surface area contributed by atoms with Crippen LogP contribution in [0.25, 0.3) is 21.9 Å². The number of carboxylic acids is 1. The molecule has 32 heavy (non-hydrogen) atoms. The highest BCUT2D eigenvalue weighted by molar-refractivity contribution is 7.15. The van der Waals surface area contributed by atoms with E-state index in [1.54, 1.807) is 11.3 Å². The maximum absolute atomic E-state index is 11.2. The third-order valence-electron chi connectivity index (χ3n) is 7.58. The number of hydrogen-bond acceptors (Lipinski definition) is 5. The number of nitrogens with zero attached hydrogens (tertiary/aromatic N) is 2. The van der Waals surface area contributed by atoms with E-state index >= 15 is 0 Å². The molecule has 2 fully saturated rings. The largest absolute Gasteiger partial charge is 0.481 e. The summed E-state index contributed by atoms with van der Waals surface area (Å²) in [6.45, 7) is 1.32. The highest BCUT2D eigenvalue weighted by Crippen LogP contribution is 2.46. The van der Waals surface area contributed by atoms with E-state index in [1.165, 1.54) is 48.1 Å². The van der Waals surface area contributed by atoms with E-state index in [0.717, 1.165) is 34.7 Å². The van der Waals surface area contributed by atoms with Gasteiger partial charge < -0.3 is 9.63 Å². The van der Waals surface area contributed by atoms with Gasteiger partial charge in [-0.05, 0) is 48.8 Å². The lowest BCUT2D eigenvalue weighted by atomic mass is 9.84. The molecule has 5 nitrogen and oxygen atoms in total. The maximum atomic E-state index is 11.2. The first kappa shape index (κ1) is 20.2. The van der Waals surface area contributed by atoms with Crippen LogP contribution in [0.3, 0.4) is 0 Å². The lowest BCUT2D eigenvalue weighted by Gasteiger charge is -2.41. The zero-order valence-electron chi connectivity index (χ0n) is 18.1. The highest BCUT2D eigenvalue weighted by Gasteiger charge is 2.40. The Morgan fingerprint density at radius 3 is 2.59 bits per heavy atom. The molecule has 0 amide bonds. The first-order valence-electron chi connectivity index (χ1n) is 11.8. The van der Waals surface area contributed by atoms with Gasteiger partial charge in [0, 0.05) is 35.6 Å². The minimum Gasteiger partial charge on any atom is -0.481 e. The summed E-state index contributed by atoms with van der Waals surface area (Å²) in [6.07, 6.45) is 8.85. The standard InChI is InChI=1S/C26H28N2O3S/c29-26(30)19-14-28(15-19)22-10-11-24-20(22)12-25(32-24)23-13-21(27-31-23)18-8-6-17(7-9-18)16-4-2-1-3-5-16/h6-9,12-13,16,19,22H,1-5,10-11,14-15H2,(H,29,30). The molecule has 2 aliphatic carbocycles. The van der Waals surface area contributed by atoms with E-state index in [-0.39, 0.29) is 5.92 Å². The second-order valence-corrected chi connectivity index (χ2v) is 10.7. The van der Waals surface area contributed by atoms with E-state index in [4.69, 9.17) is 4.52 Å². The van der Waals surface area contributed by atoms with Crippen LogP contribution in [0.15, 0.2) is 40.9 Å². The van der Waals surface area contributed by atoms with Crippen molar-refractivity contribution in [3.8, 4) is 21.9 Å². The first-order valence-corrected chi connectivity index (χ1v) is 12.6. The number of fused-ring (bicyclic) bond motifs is 1. The van der Waals surface area contributed by atoms with Crippen molar-refractivity contribution in [3.63, 3.8) is 0 Å². The minimum atomic E-state index is -0.675. The van der Waals surface area contributed by atoms with Gasteiger partial charge in [0.05, 0.1) is 10.8 Å². The van der Waals surface area contributed by atoms with Crippen LogP contribution in [0.2, 0.25) is 0 Å². The molecular weight excluding hydrogens is 420 g/mol. The average molecular weight is 449 g/mol. The topological polar surface area (TPSA) is 66.6 Å². The molecule has 1 saturated heterocycles. The van der Waals surface area contributed by atoms with Gasteiger partial charge in [-0.15, -0.1) is 11.3 Å². The van der Waals surface area contributed by atoms with Gasteiger partial charge in [-0.25, -0.2) is 0 Å². The summed E-state index contributed by atoms with van der Waals surface area (Å²) in [7, 11) is 0. The second kappa shape index (κ2) is 8.16. The summed E-state index contributed by atoms with van der Waals surface area (Å²) in [4.78, 5) is 16.0. The normalized spacial score (nSPS) is 22.1. The van der Waals surface area contributed by atoms with Gasteiger partial charge in [0.25, 0.3) is 0 Å². The number of likely N-dealkylation sites (tertiary alicyclic amines) is 1. The van der Waals surface area contributed by atoms with Crippen molar-refractivity contribution in [2.75, 3.05) is 13.1 Å². The van der Waals surface area contributed by atoms with E-state index in [2.05, 4.69) is 46.5 Å². The maximum Gasteiger partial charge on any atom is 0.309 e. The Balaban J connectivity index is 1.17. The molecule has 3 aromatic rings. The van der Waals surface area contributed by atoms with Crippen LogP contribution in [-0.4, -0.2) is 34.2 Å². The molecule has 3 heterocycles. The van der Waals surface area contributed by atoms with Crippen molar-refractivity contribution in [3.05, 3.63) is 52.4 Å². The zero-order chi connectivity index (χ0) is 21.7. The van der Waals surface area contributed by atoms with E-state index in [9.17, 15) is 9.90 Å². The SMILES string of the molecule is O=C(O)C1CN(C2CCc3sc(-c4cc(-c5ccc(C6CCCCC6)cc5)no4)cc32)C1. The molecule has 2 aromatic heterocycles. The second-order valence-electron chi connectivity index (χ2n) is 9.57. The van der Waals surface area contributed by atoms with Gasteiger partial charge in [-0.2, -0.15) is 0 Å². The predicted molar refractivity (Wildman–Crippen MR) is 125 cm³/mol. The Bertz CT molecular complexity index is 1120. The van der Waals surface area contributed by atoms with Crippen LogP contribution in [0.5, 0.6) is 0 Å². The predicted octanol–water partition coefficient (Wildman–Crippen LogP) is 6.12. The smallest absolute Gasteiger partial charge is 0.309 e. The van der Waals surface area contributed by atoms with Gasteiger partial charge in [0.1, 0.15) is 5.69 Å². The fourth-order valence-electron chi connectivity index (χ4n) is 5.66. The van der Waals surface area contributed by atoms with E-state index in [0.29, 0.717) is 25.0 Å². The molecule has 1 N–H and O–H groups in total. The molecule has 1 unspecified atom stereocenters. The number of aryl methyl sites for hydroxylation is 1. The molecule has 0 spiro atoms. The number of carbonyl (C=O) groups is 1. The van der Waals surface area contributed by atoms with Gasteiger partial charge in [0.15, 0.2) is 5.76 Å². The van der Waals surface area contributed by atoms with Crippen molar-refractivity contribution in [1.29, 1.82) is 0 Å². The molecule has 3 aliphatic rings. The number of benzene rings is 1. The summed E-state index contributed by atoms with van der Waals surface area (Å²) in [5.41, 5.74) is 4.78. The highest BCUT2D eigenvalue weighted by atomic mass is 32.1. The van der Waals surface area contributed by atoms with Crippen LogP contribution in [0.1, 0.15) is 66.5 Å². The summed E-state index contributed by atoms with van der Waals surface area (Å²) >= 11 is 1.79. The van der Waals surface area contributed by atoms with Crippen LogP contribution in [0, 0.1) is 5.92 Å². The molecule has 166 valence electrons. The molecule has 1 atom stereocenters. The average Bonchev–Trinajstić information content (AvgIpc) is 3.50. The lowest BCUT2D eigenvalue weighted by Crippen LogP contribution is -2.51. The Hall–Kier alpha value is -2.44. The van der Waals surface area contributed by atoms with Gasteiger partial charge in [-0.1, -0.05) is 48.7 Å². The summed E-state index contributed by atoms with van der Waals surface area (Å²) in [6, 6.07) is 13.5. The first-order chi connectivity index (χ1) is 15.7. The molecule has 0 radical (unpaired) electrons. The van der Waals surface area contributed by atoms with E-state index < -0.39 is 5.97 Å². The van der Waals surface area contributed by atoms with Crippen LogP contribution >= 0.6 is 11.3 Å². The molecule has 0 bridgehead atoms. The number of rotatable bonds is 5. The quantitative estimate of drug-likeness (QED) is 0.509. The van der Waals surface area contributed by atoms with Crippen molar-refractivity contribution in [1.82, 2.24) is 10.1 Å². The van der Waals surface area contributed by atoms with Crippen molar-refractivity contribution >= 4 is 17.3 Å². The third-order valence-corrected chi connectivity index (χ3v) is 8.81. The molecule has 1 saturated carbocycles. The number of hydrogen-bond donors (Lipinski definition) is 1. The number of aliphatic carboxylic acids is 1. The zero-order valence-corrected chi connectivity index (χ0v) is 18.9. The van der Waals surface area contributed by atoms with Crippen molar-refractivity contribution in [2.45, 2.75) is 56.9 Å². The minimum absolute atomic E-state index is 0.210. The van der Waals surface area contributed by atoms with Crippen molar-refractivity contribution in [2.24, 2.45) is 5.92 Å². The molecule has 1 aliphatic heterocycles. The number of thiophene rings is 1. The Morgan fingerprint density at radius 1 is 1.06 bits per heavy atom. The fraction of sp³-hybridized carbons (Fsp3) is 0.462. The number of carboxylic acid groups (broad SMARTS) is 1. The lowest BCUT2D eigenvalue weighted by molar-refractivity contribution is -0.148. The third kappa shape index (κ3) is 3.59. The molecule has 6 rings (SSSR count). The number of aromatic nitrogens is 1. The Morgan fingerprint density at radius 2 is 1.84 bits per heavy atom. The molecule has 1 aromatic carbocycles. The summed E-state index contributed by atoms with van der Waals surface area (Å²) in [5.74, 6) is 0.649. The van der Waals surface area contributed by atoms with Crippen molar-refractivity contribution < 1.29 is 14.4 Å². The summed E-state index contributed by atoms with van der Waals surface area (Å²) in [5, 5.41) is 13.5.